The molecule has 5 nitrogen and oxygen atoms in total. The van der Waals surface area contributed by atoms with Crippen LogP contribution < -0.4 is 4.74 Å². The van der Waals surface area contributed by atoms with E-state index in [0.29, 0.717) is 13.2 Å². The van der Waals surface area contributed by atoms with E-state index >= 15 is 0 Å². The minimum atomic E-state index is -0.288. The van der Waals surface area contributed by atoms with Crippen molar-refractivity contribution in [3.8, 4) is 5.75 Å². The number of amides is 1. The average Bonchev–Trinajstić information content (AvgIpc) is 3.04. The lowest BCUT2D eigenvalue weighted by Gasteiger charge is -2.39. The zero-order valence-electron chi connectivity index (χ0n) is 15.1. The van der Waals surface area contributed by atoms with Crippen molar-refractivity contribution in [1.82, 2.24) is 9.88 Å². The third kappa shape index (κ3) is 3.44. The van der Waals surface area contributed by atoms with Crippen LogP contribution in [0.2, 0.25) is 0 Å². The number of aromatic nitrogens is 1. The number of pyridine rings is 1. The lowest BCUT2D eigenvalue weighted by atomic mass is 9.88. The summed E-state index contributed by atoms with van der Waals surface area (Å²) in [6.45, 7) is 3.96. The lowest BCUT2D eigenvalue weighted by Crippen LogP contribution is -2.50. The van der Waals surface area contributed by atoms with Crippen LogP contribution in [-0.4, -0.2) is 47.2 Å². The minimum Gasteiger partial charge on any atom is -0.486 e. The van der Waals surface area contributed by atoms with E-state index in [0.717, 1.165) is 42.7 Å². The summed E-state index contributed by atoms with van der Waals surface area (Å²) >= 11 is 0. The molecule has 0 aliphatic carbocycles. The van der Waals surface area contributed by atoms with Crippen LogP contribution in [0.4, 0.5) is 0 Å². The largest absolute Gasteiger partial charge is 0.486 e. The topological polar surface area (TPSA) is 51.7 Å². The van der Waals surface area contributed by atoms with E-state index in [1.165, 1.54) is 0 Å². The Labute approximate surface area is 153 Å². The molecule has 3 heterocycles. The molecule has 2 aromatic rings. The fraction of sp³-hybridized carbons (Fsp3) is 0.429. The number of carbonyl (C=O) groups excluding carboxylic acids is 1. The van der Waals surface area contributed by atoms with Gasteiger partial charge in [-0.1, -0.05) is 18.2 Å². The Kier molecular flexibility index (Phi) is 4.64. The van der Waals surface area contributed by atoms with E-state index in [4.69, 9.17) is 9.47 Å². The summed E-state index contributed by atoms with van der Waals surface area (Å²) < 4.78 is 12.2. The van der Waals surface area contributed by atoms with Crippen LogP contribution in [0.25, 0.3) is 0 Å². The van der Waals surface area contributed by atoms with Crippen LogP contribution in [0, 0.1) is 6.92 Å². The quantitative estimate of drug-likeness (QED) is 0.851. The Bertz CT molecular complexity index is 780. The molecule has 2 unspecified atom stereocenters. The second kappa shape index (κ2) is 7.08. The van der Waals surface area contributed by atoms with Crippen molar-refractivity contribution in [3.05, 3.63) is 59.9 Å². The molecule has 5 heteroatoms. The van der Waals surface area contributed by atoms with Gasteiger partial charge in [0.1, 0.15) is 11.9 Å². The molecule has 26 heavy (non-hydrogen) atoms. The maximum absolute atomic E-state index is 13.0. The second-order valence-corrected chi connectivity index (χ2v) is 7.27. The highest BCUT2D eigenvalue weighted by Crippen LogP contribution is 2.36. The van der Waals surface area contributed by atoms with Crippen molar-refractivity contribution in [2.24, 2.45) is 0 Å². The number of piperidine rings is 1. The Balaban J connectivity index is 1.44. The number of hydrogen-bond donors (Lipinski definition) is 0. The first-order valence-electron chi connectivity index (χ1n) is 9.21. The first-order valence-corrected chi connectivity index (χ1v) is 9.21. The molecule has 136 valence electrons. The highest BCUT2D eigenvalue weighted by molar-refractivity contribution is 5.95. The molecule has 2 fully saturated rings. The van der Waals surface area contributed by atoms with Crippen molar-refractivity contribution in [3.63, 3.8) is 0 Å². The van der Waals surface area contributed by atoms with E-state index in [2.05, 4.69) is 4.98 Å². The molecule has 1 aromatic carbocycles. The van der Waals surface area contributed by atoms with Gasteiger partial charge in [-0.3, -0.25) is 9.78 Å². The maximum atomic E-state index is 13.0. The van der Waals surface area contributed by atoms with Gasteiger partial charge in [-0.2, -0.15) is 0 Å². The molecule has 0 N–H and O–H groups in total. The Hall–Kier alpha value is -2.40. The lowest BCUT2D eigenvalue weighted by molar-refractivity contribution is -0.0453. The molecule has 4 rings (SSSR count). The van der Waals surface area contributed by atoms with Gasteiger partial charge in [-0.05, 0) is 43.5 Å². The van der Waals surface area contributed by atoms with Crippen LogP contribution in [0.1, 0.15) is 35.2 Å². The second-order valence-electron chi connectivity index (χ2n) is 7.27. The molecule has 0 bridgehead atoms. The molecule has 1 amide bonds. The van der Waals surface area contributed by atoms with Gasteiger partial charge in [0.15, 0.2) is 0 Å². The number of aryl methyl sites for hydroxylation is 1. The molecule has 1 aromatic heterocycles. The number of ether oxygens (including phenoxy) is 2. The monoisotopic (exact) mass is 352 g/mol. The highest BCUT2D eigenvalue weighted by atomic mass is 16.6. The molecule has 0 radical (unpaired) electrons. The number of carbonyl (C=O) groups is 1. The number of benzene rings is 1. The summed E-state index contributed by atoms with van der Waals surface area (Å²) in [6.07, 6.45) is 6.19. The molecule has 2 aliphatic heterocycles. The van der Waals surface area contributed by atoms with Gasteiger partial charge in [-0.15, -0.1) is 0 Å². The smallest absolute Gasteiger partial charge is 0.254 e. The molecule has 2 aliphatic rings. The molecule has 2 saturated heterocycles. The predicted octanol–water partition coefficient (Wildman–Crippen LogP) is 3.23. The van der Waals surface area contributed by atoms with Crippen molar-refractivity contribution in [2.75, 3.05) is 19.7 Å². The summed E-state index contributed by atoms with van der Waals surface area (Å²) in [5, 5.41) is 0. The molecule has 0 saturated carbocycles. The maximum Gasteiger partial charge on any atom is 0.254 e. The first kappa shape index (κ1) is 17.0. The van der Waals surface area contributed by atoms with Crippen LogP contribution in [0.5, 0.6) is 5.75 Å². The fourth-order valence-corrected chi connectivity index (χ4v) is 4.03. The minimum absolute atomic E-state index is 0.00714. The SMILES string of the molecule is Cc1ccccc1C(=O)N1CCCC2(CC(Oc3cccnc3)CO2)C1. The van der Waals surface area contributed by atoms with Crippen LogP contribution in [-0.2, 0) is 4.74 Å². The summed E-state index contributed by atoms with van der Waals surface area (Å²) in [7, 11) is 0. The van der Waals surface area contributed by atoms with Crippen molar-refractivity contribution in [1.29, 1.82) is 0 Å². The third-order valence-corrected chi connectivity index (χ3v) is 5.31. The van der Waals surface area contributed by atoms with Crippen LogP contribution in [0.15, 0.2) is 48.8 Å². The Morgan fingerprint density at radius 1 is 1.31 bits per heavy atom. The molecule has 2 atom stereocenters. The molecule has 1 spiro atoms. The van der Waals surface area contributed by atoms with Crippen LogP contribution >= 0.6 is 0 Å². The predicted molar refractivity (Wildman–Crippen MR) is 98.3 cm³/mol. The Morgan fingerprint density at radius 3 is 3.00 bits per heavy atom. The van der Waals surface area contributed by atoms with Crippen molar-refractivity contribution >= 4 is 5.91 Å². The Morgan fingerprint density at radius 2 is 2.19 bits per heavy atom. The van der Waals surface area contributed by atoms with Gasteiger partial charge in [0, 0.05) is 24.7 Å². The van der Waals surface area contributed by atoms with E-state index in [1.807, 2.05) is 48.2 Å². The van der Waals surface area contributed by atoms with Gasteiger partial charge < -0.3 is 14.4 Å². The van der Waals surface area contributed by atoms with E-state index in [-0.39, 0.29) is 17.6 Å². The van der Waals surface area contributed by atoms with Gasteiger partial charge in [0.2, 0.25) is 0 Å². The van der Waals surface area contributed by atoms with Gasteiger partial charge in [0.05, 0.1) is 24.9 Å². The van der Waals surface area contributed by atoms with E-state index < -0.39 is 0 Å². The van der Waals surface area contributed by atoms with Crippen LogP contribution in [0.3, 0.4) is 0 Å². The number of likely N-dealkylation sites (tertiary alicyclic amines) is 1. The zero-order valence-corrected chi connectivity index (χ0v) is 15.1. The van der Waals surface area contributed by atoms with E-state index in [1.54, 1.807) is 12.4 Å². The fourth-order valence-electron chi connectivity index (χ4n) is 4.03. The number of nitrogens with zero attached hydrogens (tertiary/aromatic N) is 2. The number of rotatable bonds is 3. The van der Waals surface area contributed by atoms with Gasteiger partial charge >= 0.3 is 0 Å². The highest BCUT2D eigenvalue weighted by Gasteiger charge is 2.45. The summed E-state index contributed by atoms with van der Waals surface area (Å²) in [6, 6.07) is 11.5. The normalized spacial score (nSPS) is 25.4. The summed E-state index contributed by atoms with van der Waals surface area (Å²) in [5.41, 5.74) is 1.51. The average molecular weight is 352 g/mol. The third-order valence-electron chi connectivity index (χ3n) is 5.31. The van der Waals surface area contributed by atoms with Crippen molar-refractivity contribution in [2.45, 2.75) is 37.9 Å². The van der Waals surface area contributed by atoms with Crippen molar-refractivity contribution < 1.29 is 14.3 Å². The zero-order chi connectivity index (χ0) is 18.0. The molecular formula is C21H24N2O3. The number of hydrogen-bond acceptors (Lipinski definition) is 4. The van der Waals surface area contributed by atoms with Gasteiger partial charge in [-0.25, -0.2) is 0 Å². The molecular weight excluding hydrogens is 328 g/mol. The van der Waals surface area contributed by atoms with E-state index in [9.17, 15) is 4.79 Å². The standard InChI is InChI=1S/C21H24N2O3/c1-16-6-2-3-8-19(16)20(24)23-11-5-9-21(15-23)12-18(14-25-21)26-17-7-4-10-22-13-17/h2-4,6-8,10,13,18H,5,9,11-12,14-15H2,1H3. The summed E-state index contributed by atoms with van der Waals surface area (Å²) in [4.78, 5) is 19.0. The first-order chi connectivity index (χ1) is 12.7. The van der Waals surface area contributed by atoms with Gasteiger partial charge in [0.25, 0.3) is 5.91 Å². The summed E-state index contributed by atoms with van der Waals surface area (Å²) in [5.74, 6) is 0.865.